The highest BCUT2D eigenvalue weighted by Gasteiger charge is 2.33. The van der Waals surface area contributed by atoms with Gasteiger partial charge in [-0.3, -0.25) is 4.31 Å². The molecule has 4 nitrogen and oxygen atoms in total. The lowest BCUT2D eigenvalue weighted by Crippen LogP contribution is -2.50. The molecule has 0 spiro atoms. The Morgan fingerprint density at radius 1 is 1.20 bits per heavy atom. The van der Waals surface area contributed by atoms with Gasteiger partial charge in [-0.1, -0.05) is 25.5 Å². The molecule has 0 N–H and O–H groups in total. The fourth-order valence-electron chi connectivity index (χ4n) is 2.77. The van der Waals surface area contributed by atoms with E-state index >= 15 is 0 Å². The van der Waals surface area contributed by atoms with E-state index in [9.17, 15) is 8.42 Å². The Bertz CT molecular complexity index is 557. The summed E-state index contributed by atoms with van der Waals surface area (Å²) in [6, 6.07) is 8.00. The molecule has 0 fully saturated rings. The summed E-state index contributed by atoms with van der Waals surface area (Å²) in [7, 11) is -3.22. The van der Waals surface area contributed by atoms with E-state index in [0.29, 0.717) is 13.0 Å². The summed E-state index contributed by atoms with van der Waals surface area (Å²) >= 11 is 0. The lowest BCUT2D eigenvalue weighted by molar-refractivity contribution is 0.572. The van der Waals surface area contributed by atoms with E-state index in [1.54, 1.807) is 4.31 Å². The Morgan fingerprint density at radius 2 is 1.85 bits per heavy atom. The van der Waals surface area contributed by atoms with Crippen LogP contribution < -0.4 is 9.21 Å². The van der Waals surface area contributed by atoms with E-state index in [1.165, 1.54) is 0 Å². The molecule has 1 unspecified atom stereocenters. The van der Waals surface area contributed by atoms with Crippen LogP contribution in [-0.4, -0.2) is 33.3 Å². The van der Waals surface area contributed by atoms with Gasteiger partial charge in [-0.15, -0.1) is 0 Å². The zero-order valence-corrected chi connectivity index (χ0v) is 13.4. The molecule has 0 saturated heterocycles. The van der Waals surface area contributed by atoms with E-state index in [4.69, 9.17) is 0 Å². The van der Waals surface area contributed by atoms with Crippen LogP contribution in [0.1, 0.15) is 33.6 Å². The molecule has 0 amide bonds. The van der Waals surface area contributed by atoms with Gasteiger partial charge in [0.1, 0.15) is 0 Å². The molecule has 5 heteroatoms. The van der Waals surface area contributed by atoms with Crippen LogP contribution in [0.25, 0.3) is 0 Å². The molecular formula is C15H24N2O2S. The Morgan fingerprint density at radius 3 is 2.45 bits per heavy atom. The van der Waals surface area contributed by atoms with Gasteiger partial charge in [0.25, 0.3) is 0 Å². The van der Waals surface area contributed by atoms with Crippen molar-refractivity contribution in [3.05, 3.63) is 24.3 Å². The summed E-state index contributed by atoms with van der Waals surface area (Å²) in [6.07, 6.45) is 1.61. The molecule has 0 saturated carbocycles. The number of hydrogen-bond acceptors (Lipinski definition) is 3. The quantitative estimate of drug-likeness (QED) is 0.839. The predicted octanol–water partition coefficient (Wildman–Crippen LogP) is 2.85. The normalized spacial score (nSPS) is 19.1. The van der Waals surface area contributed by atoms with Gasteiger partial charge in [-0.05, 0) is 32.4 Å². The first kappa shape index (κ1) is 15.2. The SMILES string of the molecule is CCCCS(=O)(=O)N1CC(C)N(CC)c2ccccc21. The fraction of sp³-hybridized carbons (Fsp3) is 0.600. The van der Waals surface area contributed by atoms with Crippen LogP contribution in [0.2, 0.25) is 0 Å². The molecule has 1 aromatic carbocycles. The van der Waals surface area contributed by atoms with Gasteiger partial charge in [-0.25, -0.2) is 8.42 Å². The molecule has 112 valence electrons. The van der Waals surface area contributed by atoms with Crippen LogP contribution in [0, 0.1) is 0 Å². The van der Waals surface area contributed by atoms with Crippen molar-refractivity contribution in [1.82, 2.24) is 0 Å². The lowest BCUT2D eigenvalue weighted by atomic mass is 10.1. The smallest absolute Gasteiger partial charge is 0.235 e. The maximum Gasteiger partial charge on any atom is 0.235 e. The number of rotatable bonds is 5. The highest BCUT2D eigenvalue weighted by atomic mass is 32.2. The van der Waals surface area contributed by atoms with E-state index in [0.717, 1.165) is 24.3 Å². The van der Waals surface area contributed by atoms with Gasteiger partial charge in [0.15, 0.2) is 0 Å². The monoisotopic (exact) mass is 296 g/mol. The maximum absolute atomic E-state index is 12.6. The summed E-state index contributed by atoms with van der Waals surface area (Å²) in [6.45, 7) is 7.63. The Hall–Kier alpha value is -1.23. The minimum atomic E-state index is -3.22. The number of nitrogens with zero attached hydrogens (tertiary/aromatic N) is 2. The van der Waals surface area contributed by atoms with Crippen molar-refractivity contribution in [2.75, 3.05) is 28.0 Å². The largest absolute Gasteiger partial charge is 0.366 e. The summed E-state index contributed by atoms with van der Waals surface area (Å²) in [4.78, 5) is 2.27. The standard InChI is InChI=1S/C15H24N2O2S/c1-4-6-11-20(18,19)17-12-13(3)16(5-2)14-9-7-8-10-15(14)17/h7-10,13H,4-6,11-12H2,1-3H3. The van der Waals surface area contributed by atoms with Crippen LogP contribution in [0.4, 0.5) is 11.4 Å². The van der Waals surface area contributed by atoms with Gasteiger partial charge in [-0.2, -0.15) is 0 Å². The Labute approximate surface area is 122 Å². The van der Waals surface area contributed by atoms with Crippen LogP contribution in [0.3, 0.4) is 0 Å². The number of fused-ring (bicyclic) bond motifs is 1. The van der Waals surface area contributed by atoms with E-state index < -0.39 is 10.0 Å². The highest BCUT2D eigenvalue weighted by Crippen LogP contribution is 2.36. The molecule has 1 aliphatic heterocycles. The molecule has 1 heterocycles. The van der Waals surface area contributed by atoms with Crippen molar-refractivity contribution >= 4 is 21.4 Å². The van der Waals surface area contributed by atoms with Gasteiger partial charge in [0.2, 0.25) is 10.0 Å². The lowest BCUT2D eigenvalue weighted by Gasteiger charge is -2.42. The number of hydrogen-bond donors (Lipinski definition) is 0. The van der Waals surface area contributed by atoms with Crippen molar-refractivity contribution < 1.29 is 8.42 Å². The van der Waals surface area contributed by atoms with Crippen LogP contribution in [0.5, 0.6) is 0 Å². The third-order valence-electron chi connectivity index (χ3n) is 3.85. The molecule has 0 bridgehead atoms. The van der Waals surface area contributed by atoms with E-state index in [2.05, 4.69) is 18.7 Å². The summed E-state index contributed by atoms with van der Waals surface area (Å²) in [5.41, 5.74) is 1.84. The minimum Gasteiger partial charge on any atom is -0.366 e. The average molecular weight is 296 g/mol. The zero-order valence-electron chi connectivity index (χ0n) is 12.5. The first-order valence-corrected chi connectivity index (χ1v) is 8.98. The number of unbranched alkanes of at least 4 members (excludes halogenated alkanes) is 1. The minimum absolute atomic E-state index is 0.200. The second-order valence-corrected chi connectivity index (χ2v) is 7.34. The number of benzene rings is 1. The summed E-state index contributed by atoms with van der Waals surface area (Å²) in [5, 5.41) is 0. The topological polar surface area (TPSA) is 40.6 Å². The molecule has 1 atom stereocenters. The van der Waals surface area contributed by atoms with Gasteiger partial charge >= 0.3 is 0 Å². The Kier molecular flexibility index (Phi) is 4.58. The fourth-order valence-corrected chi connectivity index (χ4v) is 4.55. The van der Waals surface area contributed by atoms with Crippen molar-refractivity contribution in [2.24, 2.45) is 0 Å². The molecule has 0 aromatic heterocycles. The van der Waals surface area contributed by atoms with Crippen molar-refractivity contribution in [3.63, 3.8) is 0 Å². The van der Waals surface area contributed by atoms with Gasteiger partial charge in [0.05, 0.1) is 23.7 Å². The Balaban J connectivity index is 2.41. The van der Waals surface area contributed by atoms with Gasteiger partial charge in [0, 0.05) is 12.6 Å². The molecule has 1 aromatic rings. The molecule has 0 aliphatic carbocycles. The van der Waals surface area contributed by atoms with Gasteiger partial charge < -0.3 is 4.90 Å². The molecule has 20 heavy (non-hydrogen) atoms. The number of sulfonamides is 1. The third-order valence-corrected chi connectivity index (χ3v) is 5.68. The number of anilines is 2. The highest BCUT2D eigenvalue weighted by molar-refractivity contribution is 7.92. The van der Waals surface area contributed by atoms with Crippen LogP contribution in [-0.2, 0) is 10.0 Å². The van der Waals surface area contributed by atoms with Crippen LogP contribution >= 0.6 is 0 Å². The maximum atomic E-state index is 12.6. The predicted molar refractivity (Wildman–Crippen MR) is 85.0 cm³/mol. The van der Waals surface area contributed by atoms with Crippen molar-refractivity contribution in [3.8, 4) is 0 Å². The van der Waals surface area contributed by atoms with E-state index in [1.807, 2.05) is 31.2 Å². The summed E-state index contributed by atoms with van der Waals surface area (Å²) < 4.78 is 26.7. The second kappa shape index (κ2) is 6.04. The zero-order chi connectivity index (χ0) is 14.8. The first-order valence-electron chi connectivity index (χ1n) is 7.37. The second-order valence-electron chi connectivity index (χ2n) is 5.32. The van der Waals surface area contributed by atoms with Crippen molar-refractivity contribution in [2.45, 2.75) is 39.7 Å². The molecule has 0 radical (unpaired) electrons. The molecule has 2 rings (SSSR count). The summed E-state index contributed by atoms with van der Waals surface area (Å²) in [5.74, 6) is 0.233. The van der Waals surface area contributed by atoms with Crippen molar-refractivity contribution in [1.29, 1.82) is 0 Å². The number of para-hydroxylation sites is 2. The number of likely N-dealkylation sites (N-methyl/N-ethyl adjacent to an activating group) is 1. The first-order chi connectivity index (χ1) is 9.51. The average Bonchev–Trinajstić information content (AvgIpc) is 2.44. The third kappa shape index (κ3) is 2.77. The molecule has 1 aliphatic rings. The van der Waals surface area contributed by atoms with E-state index in [-0.39, 0.29) is 11.8 Å². The molecular weight excluding hydrogens is 272 g/mol. The van der Waals surface area contributed by atoms with Crippen LogP contribution in [0.15, 0.2) is 24.3 Å².